The Kier molecular flexibility index (Phi) is 6.14. The van der Waals surface area contributed by atoms with Crippen LogP contribution in [0.1, 0.15) is 44.1 Å². The maximum Gasteiger partial charge on any atom is 0.308 e. The summed E-state index contributed by atoms with van der Waals surface area (Å²) in [5.41, 5.74) is 0.962. The number of carbonyl (C=O) groups is 3. The van der Waals surface area contributed by atoms with Gasteiger partial charge in [-0.05, 0) is 24.8 Å². The Morgan fingerprint density at radius 1 is 1.07 bits per heavy atom. The zero-order valence-corrected chi connectivity index (χ0v) is 15.8. The Morgan fingerprint density at radius 3 is 2.48 bits per heavy atom. The molecule has 0 aromatic heterocycles. The van der Waals surface area contributed by atoms with Crippen molar-refractivity contribution in [1.29, 1.82) is 0 Å². The Balaban J connectivity index is 1.69. The largest absolute Gasteiger partial charge is 0.481 e. The molecule has 1 aromatic rings. The normalized spacial score (nSPS) is 25.4. The van der Waals surface area contributed by atoms with Crippen molar-refractivity contribution in [2.45, 2.75) is 38.5 Å². The molecule has 2 aliphatic heterocycles. The maximum atomic E-state index is 13.1. The highest BCUT2D eigenvalue weighted by molar-refractivity contribution is 5.83. The molecule has 2 aliphatic rings. The van der Waals surface area contributed by atoms with Crippen molar-refractivity contribution in [3.8, 4) is 0 Å². The number of aliphatic carboxylic acids is 1. The molecule has 2 amide bonds. The number of carboxylic acids is 1. The average Bonchev–Trinajstić information content (AvgIpc) is 3.14. The van der Waals surface area contributed by atoms with Crippen LogP contribution in [0, 0.1) is 11.8 Å². The summed E-state index contributed by atoms with van der Waals surface area (Å²) in [5, 5.41) is 9.64. The molecule has 0 bridgehead atoms. The predicted octanol–water partition coefficient (Wildman–Crippen LogP) is 2.35. The third kappa shape index (κ3) is 4.31. The minimum Gasteiger partial charge on any atom is -0.481 e. The lowest BCUT2D eigenvalue weighted by Crippen LogP contribution is -2.46. The fourth-order valence-corrected chi connectivity index (χ4v) is 4.31. The topological polar surface area (TPSA) is 77.9 Å². The van der Waals surface area contributed by atoms with E-state index in [1.165, 1.54) is 0 Å². The van der Waals surface area contributed by atoms with Crippen LogP contribution in [0.3, 0.4) is 0 Å². The van der Waals surface area contributed by atoms with E-state index in [0.717, 1.165) is 24.8 Å². The molecular weight excluding hydrogens is 344 g/mol. The molecule has 0 saturated carbocycles. The summed E-state index contributed by atoms with van der Waals surface area (Å²) < 4.78 is 0. The van der Waals surface area contributed by atoms with Gasteiger partial charge in [0.2, 0.25) is 11.8 Å². The Labute approximate surface area is 160 Å². The fraction of sp³-hybridized carbons (Fsp3) is 0.571. The van der Waals surface area contributed by atoms with E-state index in [-0.39, 0.29) is 30.2 Å². The molecule has 3 rings (SSSR count). The number of nitrogens with zero attached hydrogens (tertiary/aromatic N) is 2. The molecule has 6 nitrogen and oxygen atoms in total. The van der Waals surface area contributed by atoms with Crippen molar-refractivity contribution in [3.05, 3.63) is 35.9 Å². The second kappa shape index (κ2) is 8.55. The van der Waals surface area contributed by atoms with Crippen LogP contribution in [0.15, 0.2) is 30.3 Å². The number of likely N-dealkylation sites (tertiary alicyclic amines) is 2. The molecule has 6 heteroatoms. The van der Waals surface area contributed by atoms with E-state index in [4.69, 9.17) is 0 Å². The van der Waals surface area contributed by atoms with Crippen molar-refractivity contribution >= 4 is 17.8 Å². The molecule has 146 valence electrons. The second-order valence-corrected chi connectivity index (χ2v) is 7.63. The maximum absolute atomic E-state index is 13.1. The summed E-state index contributed by atoms with van der Waals surface area (Å²) in [6.45, 7) is 3.83. The minimum atomic E-state index is -0.859. The van der Waals surface area contributed by atoms with Gasteiger partial charge in [-0.15, -0.1) is 0 Å². The van der Waals surface area contributed by atoms with Gasteiger partial charge in [-0.25, -0.2) is 0 Å². The first-order valence-corrected chi connectivity index (χ1v) is 9.85. The van der Waals surface area contributed by atoms with Gasteiger partial charge in [0.1, 0.15) is 0 Å². The number of carbonyl (C=O) groups excluding carboxylic acids is 2. The van der Waals surface area contributed by atoms with Gasteiger partial charge in [0.05, 0.1) is 11.8 Å². The molecule has 0 spiro atoms. The van der Waals surface area contributed by atoms with Crippen LogP contribution in [0.5, 0.6) is 0 Å². The van der Waals surface area contributed by atoms with Crippen molar-refractivity contribution in [2.75, 3.05) is 26.2 Å². The quantitative estimate of drug-likeness (QED) is 0.861. The molecule has 0 aliphatic carbocycles. The number of carboxylic acid groups (broad SMARTS) is 1. The molecule has 1 aromatic carbocycles. The average molecular weight is 372 g/mol. The highest BCUT2D eigenvalue weighted by Crippen LogP contribution is 2.34. The van der Waals surface area contributed by atoms with E-state index in [9.17, 15) is 19.5 Å². The van der Waals surface area contributed by atoms with Crippen LogP contribution in [0.4, 0.5) is 0 Å². The van der Waals surface area contributed by atoms with Gasteiger partial charge in [-0.1, -0.05) is 37.3 Å². The monoisotopic (exact) mass is 372 g/mol. The van der Waals surface area contributed by atoms with Gasteiger partial charge in [0, 0.05) is 38.5 Å². The zero-order valence-electron chi connectivity index (χ0n) is 15.8. The highest BCUT2D eigenvalue weighted by Gasteiger charge is 2.42. The number of rotatable bonds is 5. The van der Waals surface area contributed by atoms with Crippen LogP contribution in [-0.2, 0) is 14.4 Å². The molecule has 27 heavy (non-hydrogen) atoms. The first-order chi connectivity index (χ1) is 13.0. The first-order valence-electron chi connectivity index (χ1n) is 9.85. The number of piperidine rings is 1. The Bertz CT molecular complexity index is 691. The standard InChI is InChI=1S/C21H28N2O4/c1-2-7-19(24)22-11-6-10-16(12-22)20(25)23-13-17(18(14-23)21(26)27)15-8-4-3-5-9-15/h3-5,8-9,16-18H,2,6-7,10-14H2,1H3,(H,26,27). The smallest absolute Gasteiger partial charge is 0.308 e. The molecule has 1 N–H and O–H groups in total. The van der Waals surface area contributed by atoms with Crippen molar-refractivity contribution in [3.63, 3.8) is 0 Å². The van der Waals surface area contributed by atoms with Gasteiger partial charge < -0.3 is 14.9 Å². The zero-order chi connectivity index (χ0) is 19.4. The summed E-state index contributed by atoms with van der Waals surface area (Å²) in [5.74, 6) is -1.74. The molecule has 0 radical (unpaired) electrons. The van der Waals surface area contributed by atoms with Gasteiger partial charge in [-0.2, -0.15) is 0 Å². The van der Waals surface area contributed by atoms with Gasteiger partial charge in [-0.3, -0.25) is 14.4 Å². The van der Waals surface area contributed by atoms with Crippen molar-refractivity contribution in [2.24, 2.45) is 11.8 Å². The van der Waals surface area contributed by atoms with Gasteiger partial charge >= 0.3 is 5.97 Å². The SMILES string of the molecule is CCCC(=O)N1CCCC(C(=O)N2CC(C(=O)O)C(c3ccccc3)C2)C1. The van der Waals surface area contributed by atoms with E-state index in [0.29, 0.717) is 26.1 Å². The van der Waals surface area contributed by atoms with Crippen LogP contribution in [0.25, 0.3) is 0 Å². The van der Waals surface area contributed by atoms with Crippen LogP contribution in [0.2, 0.25) is 0 Å². The predicted molar refractivity (Wildman–Crippen MR) is 101 cm³/mol. The minimum absolute atomic E-state index is 0.00585. The Morgan fingerprint density at radius 2 is 1.81 bits per heavy atom. The molecule has 2 heterocycles. The third-order valence-electron chi connectivity index (χ3n) is 5.76. The summed E-state index contributed by atoms with van der Waals surface area (Å²) in [4.78, 5) is 40.5. The third-order valence-corrected chi connectivity index (χ3v) is 5.76. The van der Waals surface area contributed by atoms with E-state index >= 15 is 0 Å². The summed E-state index contributed by atoms with van der Waals surface area (Å²) >= 11 is 0. The second-order valence-electron chi connectivity index (χ2n) is 7.63. The first kappa shape index (κ1) is 19.4. The lowest BCUT2D eigenvalue weighted by Gasteiger charge is -2.34. The molecule has 3 unspecified atom stereocenters. The highest BCUT2D eigenvalue weighted by atomic mass is 16.4. The lowest BCUT2D eigenvalue weighted by molar-refractivity contribution is -0.142. The van der Waals surface area contributed by atoms with Crippen LogP contribution < -0.4 is 0 Å². The molecular formula is C21H28N2O4. The number of amides is 2. The van der Waals surface area contributed by atoms with E-state index in [1.54, 1.807) is 9.80 Å². The molecule has 2 fully saturated rings. The lowest BCUT2D eigenvalue weighted by atomic mass is 9.89. The Hall–Kier alpha value is -2.37. The van der Waals surface area contributed by atoms with Crippen molar-refractivity contribution in [1.82, 2.24) is 9.80 Å². The van der Waals surface area contributed by atoms with Crippen molar-refractivity contribution < 1.29 is 19.5 Å². The summed E-state index contributed by atoms with van der Waals surface area (Å²) in [6.07, 6.45) is 2.91. The molecule has 2 saturated heterocycles. The van der Waals surface area contributed by atoms with E-state index < -0.39 is 11.9 Å². The number of hydrogen-bond acceptors (Lipinski definition) is 3. The van der Waals surface area contributed by atoms with E-state index in [1.807, 2.05) is 37.3 Å². The molecule has 3 atom stereocenters. The van der Waals surface area contributed by atoms with Crippen LogP contribution in [-0.4, -0.2) is 58.9 Å². The summed E-state index contributed by atoms with van der Waals surface area (Å²) in [7, 11) is 0. The van der Waals surface area contributed by atoms with Crippen LogP contribution >= 0.6 is 0 Å². The van der Waals surface area contributed by atoms with Gasteiger partial charge in [0.25, 0.3) is 0 Å². The fourth-order valence-electron chi connectivity index (χ4n) is 4.31. The van der Waals surface area contributed by atoms with E-state index in [2.05, 4.69) is 0 Å². The number of benzene rings is 1. The summed E-state index contributed by atoms with van der Waals surface area (Å²) in [6, 6.07) is 9.57. The number of hydrogen-bond donors (Lipinski definition) is 1. The van der Waals surface area contributed by atoms with Gasteiger partial charge in [0.15, 0.2) is 0 Å².